The lowest BCUT2D eigenvalue weighted by atomic mass is 10.1. The summed E-state index contributed by atoms with van der Waals surface area (Å²) < 4.78 is 0. The second-order valence-electron chi connectivity index (χ2n) is 2.69. The Bertz CT molecular complexity index is 506. The van der Waals surface area contributed by atoms with Crippen molar-refractivity contribution in [3.05, 3.63) is 35.4 Å². The van der Waals surface area contributed by atoms with E-state index < -0.39 is 11.9 Å². The van der Waals surface area contributed by atoms with Crippen LogP contribution in [0.4, 0.5) is 0 Å². The summed E-state index contributed by atoms with van der Waals surface area (Å²) >= 11 is 0. The molecule has 6 heteroatoms. The van der Waals surface area contributed by atoms with Gasteiger partial charge in [0.2, 0.25) is 0 Å². The van der Waals surface area contributed by atoms with Crippen molar-refractivity contribution < 1.29 is 30.8 Å². The highest BCUT2D eigenvalue weighted by molar-refractivity contribution is 5.88. The Balaban J connectivity index is 0. The highest BCUT2D eigenvalue weighted by Crippen LogP contribution is 2.02. The molecule has 0 aliphatic carbocycles. The molecule has 0 heterocycles. The SMILES string of the molecule is O.O.O=C(O)C#Cc1cccc(C#CC(=O)O)c1. The fraction of sp³-hybridized carbons (Fsp3) is 0. The average molecular weight is 250 g/mol. The molecule has 0 atom stereocenters. The molecule has 0 aliphatic rings. The third kappa shape index (κ3) is 6.64. The molecule has 0 aliphatic heterocycles. The minimum Gasteiger partial charge on any atom is -0.472 e. The molecule has 0 unspecified atom stereocenters. The lowest BCUT2D eigenvalue weighted by Crippen LogP contribution is -1.88. The van der Waals surface area contributed by atoms with Crippen molar-refractivity contribution in [2.75, 3.05) is 0 Å². The average Bonchev–Trinajstić information content (AvgIpc) is 2.24. The van der Waals surface area contributed by atoms with Gasteiger partial charge in [0.1, 0.15) is 0 Å². The maximum Gasteiger partial charge on any atom is 0.382 e. The first-order valence-corrected chi connectivity index (χ1v) is 4.18. The van der Waals surface area contributed by atoms with Crippen LogP contribution in [0.25, 0.3) is 0 Å². The van der Waals surface area contributed by atoms with E-state index in [-0.39, 0.29) is 11.0 Å². The smallest absolute Gasteiger partial charge is 0.382 e. The van der Waals surface area contributed by atoms with Crippen LogP contribution in [0.2, 0.25) is 0 Å². The van der Waals surface area contributed by atoms with Gasteiger partial charge in [-0.2, -0.15) is 0 Å². The highest BCUT2D eigenvalue weighted by Gasteiger charge is 1.91. The molecule has 0 saturated heterocycles. The van der Waals surface area contributed by atoms with Crippen LogP contribution in [-0.2, 0) is 9.59 Å². The van der Waals surface area contributed by atoms with Crippen LogP contribution in [0.5, 0.6) is 0 Å². The van der Waals surface area contributed by atoms with Gasteiger partial charge in [0.05, 0.1) is 0 Å². The van der Waals surface area contributed by atoms with E-state index in [1.165, 1.54) is 6.07 Å². The number of carboxylic acids is 2. The zero-order valence-corrected chi connectivity index (χ0v) is 9.02. The van der Waals surface area contributed by atoms with Crippen molar-refractivity contribution in [3.63, 3.8) is 0 Å². The van der Waals surface area contributed by atoms with E-state index in [4.69, 9.17) is 10.2 Å². The first-order valence-electron chi connectivity index (χ1n) is 4.18. The first kappa shape index (κ1) is 17.6. The summed E-state index contributed by atoms with van der Waals surface area (Å²) in [5.74, 6) is 6.29. The fourth-order valence-corrected chi connectivity index (χ4v) is 0.926. The Morgan fingerprint density at radius 3 is 1.61 bits per heavy atom. The van der Waals surface area contributed by atoms with Gasteiger partial charge in [0.25, 0.3) is 0 Å². The first-order chi connectivity index (χ1) is 7.58. The minimum atomic E-state index is -1.22. The van der Waals surface area contributed by atoms with Crippen LogP contribution in [-0.4, -0.2) is 33.1 Å². The summed E-state index contributed by atoms with van der Waals surface area (Å²) in [5.41, 5.74) is 0.944. The Hall–Kier alpha value is -2.80. The minimum absolute atomic E-state index is 0. The Labute approximate surface area is 102 Å². The molecule has 1 aromatic rings. The van der Waals surface area contributed by atoms with E-state index in [0.29, 0.717) is 11.1 Å². The van der Waals surface area contributed by atoms with Crippen molar-refractivity contribution in [2.45, 2.75) is 0 Å². The Kier molecular flexibility index (Phi) is 8.17. The standard InChI is InChI=1S/C12H6O4.2H2O/c13-11(14)6-4-9-2-1-3-10(8-9)5-7-12(15)16;;/h1-3,8H,(H,13,14)(H,15,16);2*1H2. The molecular weight excluding hydrogens is 240 g/mol. The van der Waals surface area contributed by atoms with Gasteiger partial charge in [-0.15, -0.1) is 0 Å². The normalized spacial score (nSPS) is 7.11. The number of rotatable bonds is 0. The van der Waals surface area contributed by atoms with Gasteiger partial charge in [-0.3, -0.25) is 0 Å². The zero-order valence-electron chi connectivity index (χ0n) is 9.02. The van der Waals surface area contributed by atoms with Crippen molar-refractivity contribution >= 4 is 11.9 Å². The number of carbonyl (C=O) groups is 2. The van der Waals surface area contributed by atoms with E-state index in [0.717, 1.165) is 0 Å². The number of hydrogen-bond donors (Lipinski definition) is 2. The van der Waals surface area contributed by atoms with Crippen LogP contribution in [0.1, 0.15) is 11.1 Å². The number of carboxylic acid groups (broad SMARTS) is 2. The molecular formula is C12H10O6. The van der Waals surface area contributed by atoms with E-state index in [9.17, 15) is 9.59 Å². The molecule has 0 radical (unpaired) electrons. The van der Waals surface area contributed by atoms with Gasteiger partial charge in [0.15, 0.2) is 0 Å². The van der Waals surface area contributed by atoms with E-state index in [1.807, 2.05) is 11.8 Å². The zero-order chi connectivity index (χ0) is 12.0. The second-order valence-corrected chi connectivity index (χ2v) is 2.69. The van der Waals surface area contributed by atoms with E-state index in [2.05, 4.69) is 11.8 Å². The molecule has 1 aromatic carbocycles. The molecule has 1 rings (SSSR count). The van der Waals surface area contributed by atoms with Gasteiger partial charge in [-0.05, 0) is 18.2 Å². The fourth-order valence-electron chi connectivity index (χ4n) is 0.926. The van der Waals surface area contributed by atoms with Gasteiger partial charge in [-0.1, -0.05) is 17.9 Å². The monoisotopic (exact) mass is 250 g/mol. The lowest BCUT2D eigenvalue weighted by molar-refractivity contribution is -0.131. The third-order valence-corrected chi connectivity index (χ3v) is 1.49. The molecule has 0 saturated carbocycles. The van der Waals surface area contributed by atoms with Crippen molar-refractivity contribution in [3.8, 4) is 23.7 Å². The molecule has 0 bridgehead atoms. The molecule has 18 heavy (non-hydrogen) atoms. The largest absolute Gasteiger partial charge is 0.472 e. The number of hydrogen-bond acceptors (Lipinski definition) is 2. The van der Waals surface area contributed by atoms with Crippen LogP contribution < -0.4 is 0 Å². The van der Waals surface area contributed by atoms with Gasteiger partial charge in [-0.25, -0.2) is 9.59 Å². The molecule has 0 fully saturated rings. The summed E-state index contributed by atoms with van der Waals surface area (Å²) in [6, 6.07) is 6.37. The topological polar surface area (TPSA) is 138 Å². The maximum absolute atomic E-state index is 10.2. The van der Waals surface area contributed by atoms with Crippen molar-refractivity contribution in [1.82, 2.24) is 0 Å². The quantitative estimate of drug-likeness (QED) is 0.565. The van der Waals surface area contributed by atoms with Crippen LogP contribution >= 0.6 is 0 Å². The Morgan fingerprint density at radius 1 is 0.889 bits per heavy atom. The maximum atomic E-state index is 10.2. The Morgan fingerprint density at radius 2 is 1.28 bits per heavy atom. The summed E-state index contributed by atoms with van der Waals surface area (Å²) in [7, 11) is 0. The van der Waals surface area contributed by atoms with Gasteiger partial charge < -0.3 is 21.2 Å². The summed E-state index contributed by atoms with van der Waals surface area (Å²) in [6.45, 7) is 0. The van der Waals surface area contributed by atoms with Crippen LogP contribution in [0.15, 0.2) is 24.3 Å². The predicted octanol–water partition coefficient (Wildman–Crippen LogP) is -1.09. The van der Waals surface area contributed by atoms with Crippen molar-refractivity contribution in [2.24, 2.45) is 0 Å². The van der Waals surface area contributed by atoms with Crippen LogP contribution in [0, 0.1) is 23.7 Å². The molecule has 0 amide bonds. The molecule has 94 valence electrons. The predicted molar refractivity (Wildman–Crippen MR) is 62.7 cm³/mol. The second kappa shape index (κ2) is 8.36. The number of benzene rings is 1. The summed E-state index contributed by atoms with van der Waals surface area (Å²) in [4.78, 5) is 20.4. The third-order valence-electron chi connectivity index (χ3n) is 1.49. The van der Waals surface area contributed by atoms with Gasteiger partial charge >= 0.3 is 11.9 Å². The van der Waals surface area contributed by atoms with Gasteiger partial charge in [0, 0.05) is 23.0 Å². The lowest BCUT2D eigenvalue weighted by Gasteiger charge is -1.91. The van der Waals surface area contributed by atoms with E-state index >= 15 is 0 Å². The molecule has 0 spiro atoms. The summed E-state index contributed by atoms with van der Waals surface area (Å²) in [6.07, 6.45) is 0. The molecule has 0 aromatic heterocycles. The highest BCUT2D eigenvalue weighted by atomic mass is 16.4. The van der Waals surface area contributed by atoms with E-state index in [1.54, 1.807) is 18.2 Å². The number of aliphatic carboxylic acids is 2. The summed E-state index contributed by atoms with van der Waals surface area (Å²) in [5, 5.41) is 16.7. The van der Waals surface area contributed by atoms with Crippen LogP contribution in [0.3, 0.4) is 0 Å². The molecule has 6 nitrogen and oxygen atoms in total. The van der Waals surface area contributed by atoms with Crippen molar-refractivity contribution in [1.29, 1.82) is 0 Å². The molecule has 6 N–H and O–H groups in total.